The van der Waals surface area contributed by atoms with E-state index in [-0.39, 0.29) is 16.9 Å². The van der Waals surface area contributed by atoms with Crippen molar-refractivity contribution in [1.29, 1.82) is 0 Å². The molecular formula is C11H20N4O2S. The van der Waals surface area contributed by atoms with E-state index in [0.29, 0.717) is 5.92 Å². The van der Waals surface area contributed by atoms with E-state index in [1.807, 2.05) is 20.8 Å². The van der Waals surface area contributed by atoms with Crippen molar-refractivity contribution in [3.8, 4) is 0 Å². The Balaban J connectivity index is 2.85. The summed E-state index contributed by atoms with van der Waals surface area (Å²) in [6.45, 7) is 5.96. The van der Waals surface area contributed by atoms with E-state index >= 15 is 0 Å². The Morgan fingerprint density at radius 3 is 2.22 bits per heavy atom. The van der Waals surface area contributed by atoms with Crippen LogP contribution in [0.2, 0.25) is 0 Å². The summed E-state index contributed by atoms with van der Waals surface area (Å²) < 4.78 is 26.8. The van der Waals surface area contributed by atoms with E-state index in [0.717, 1.165) is 12.8 Å². The van der Waals surface area contributed by atoms with Crippen molar-refractivity contribution in [3.63, 3.8) is 0 Å². The van der Waals surface area contributed by atoms with E-state index in [9.17, 15) is 8.42 Å². The molecule has 0 saturated carbocycles. The first kappa shape index (κ1) is 14.8. The number of hydrogen-bond donors (Lipinski definition) is 2. The molecule has 7 heteroatoms. The molecule has 1 aromatic heterocycles. The zero-order valence-corrected chi connectivity index (χ0v) is 11.7. The molecule has 0 fully saturated rings. The predicted molar refractivity (Wildman–Crippen MR) is 70.3 cm³/mol. The highest BCUT2D eigenvalue weighted by molar-refractivity contribution is 7.89. The molecule has 0 saturated heterocycles. The third kappa shape index (κ3) is 3.64. The maximum atomic E-state index is 12.1. The van der Waals surface area contributed by atoms with Gasteiger partial charge in [-0.15, -0.1) is 0 Å². The molecule has 6 nitrogen and oxygen atoms in total. The fourth-order valence-corrected chi connectivity index (χ4v) is 3.07. The fraction of sp³-hybridized carbons (Fsp3) is 0.636. The van der Waals surface area contributed by atoms with Crippen LogP contribution in [0.3, 0.4) is 0 Å². The number of nitrogens with two attached hydrogens (primary N) is 1. The van der Waals surface area contributed by atoms with Gasteiger partial charge in [-0.2, -0.15) is 0 Å². The normalized spacial score (nSPS) is 13.8. The molecule has 1 atom stereocenters. The zero-order valence-electron chi connectivity index (χ0n) is 10.9. The van der Waals surface area contributed by atoms with Gasteiger partial charge < -0.3 is 5.73 Å². The van der Waals surface area contributed by atoms with Crippen LogP contribution in [0.1, 0.15) is 33.6 Å². The van der Waals surface area contributed by atoms with Crippen molar-refractivity contribution >= 4 is 16.0 Å². The van der Waals surface area contributed by atoms with Crippen LogP contribution in [0.15, 0.2) is 17.3 Å². The SMILES string of the molecule is CCC(CC)C(C)NS(=O)(=O)c1cnc(N)nc1. The summed E-state index contributed by atoms with van der Waals surface area (Å²) in [5.74, 6) is 0.372. The van der Waals surface area contributed by atoms with Crippen molar-refractivity contribution < 1.29 is 8.42 Å². The minimum Gasteiger partial charge on any atom is -0.368 e. The average Bonchev–Trinajstić information content (AvgIpc) is 2.30. The Morgan fingerprint density at radius 2 is 1.78 bits per heavy atom. The monoisotopic (exact) mass is 272 g/mol. The number of rotatable bonds is 6. The Bertz CT molecular complexity index is 468. The fourth-order valence-electron chi connectivity index (χ4n) is 1.87. The van der Waals surface area contributed by atoms with Crippen LogP contribution in [0, 0.1) is 5.92 Å². The van der Waals surface area contributed by atoms with Crippen LogP contribution in [0.4, 0.5) is 5.95 Å². The molecule has 1 unspecified atom stereocenters. The van der Waals surface area contributed by atoms with Crippen LogP contribution in [0.25, 0.3) is 0 Å². The largest absolute Gasteiger partial charge is 0.368 e. The summed E-state index contributed by atoms with van der Waals surface area (Å²) in [6, 6.07) is -0.123. The summed E-state index contributed by atoms with van der Waals surface area (Å²) in [5, 5.41) is 0. The molecule has 0 spiro atoms. The molecule has 0 aliphatic heterocycles. The second kappa shape index (κ2) is 6.10. The van der Waals surface area contributed by atoms with Gasteiger partial charge in [0.2, 0.25) is 16.0 Å². The molecule has 0 aliphatic carbocycles. The molecule has 0 aromatic carbocycles. The van der Waals surface area contributed by atoms with Gasteiger partial charge in [-0.05, 0) is 12.8 Å². The molecule has 102 valence electrons. The predicted octanol–water partition coefficient (Wildman–Crippen LogP) is 1.16. The number of nitrogens with zero attached hydrogens (tertiary/aromatic N) is 2. The lowest BCUT2D eigenvalue weighted by molar-refractivity contribution is 0.390. The molecule has 18 heavy (non-hydrogen) atoms. The van der Waals surface area contributed by atoms with E-state index in [1.165, 1.54) is 12.4 Å². The number of hydrogen-bond acceptors (Lipinski definition) is 5. The van der Waals surface area contributed by atoms with Gasteiger partial charge in [-0.1, -0.05) is 26.7 Å². The van der Waals surface area contributed by atoms with Crippen molar-refractivity contribution in [2.45, 2.75) is 44.6 Å². The van der Waals surface area contributed by atoms with E-state index < -0.39 is 10.0 Å². The topological polar surface area (TPSA) is 98.0 Å². The average molecular weight is 272 g/mol. The van der Waals surface area contributed by atoms with Crippen LogP contribution in [-0.2, 0) is 10.0 Å². The number of anilines is 1. The first-order valence-electron chi connectivity index (χ1n) is 6.00. The van der Waals surface area contributed by atoms with Gasteiger partial charge in [0, 0.05) is 6.04 Å². The molecule has 0 amide bonds. The second-order valence-electron chi connectivity index (χ2n) is 4.26. The lowest BCUT2D eigenvalue weighted by atomic mass is 9.96. The summed E-state index contributed by atoms with van der Waals surface area (Å²) in [7, 11) is -3.57. The van der Waals surface area contributed by atoms with Gasteiger partial charge in [-0.25, -0.2) is 23.1 Å². The Hall–Kier alpha value is -1.21. The number of sulfonamides is 1. The third-order valence-electron chi connectivity index (χ3n) is 3.06. The van der Waals surface area contributed by atoms with E-state index in [1.54, 1.807) is 0 Å². The molecule has 1 rings (SSSR count). The number of nitrogen functional groups attached to an aromatic ring is 1. The van der Waals surface area contributed by atoms with Crippen LogP contribution >= 0.6 is 0 Å². The lowest BCUT2D eigenvalue weighted by Crippen LogP contribution is -2.37. The van der Waals surface area contributed by atoms with Gasteiger partial charge in [-0.3, -0.25) is 0 Å². The molecular weight excluding hydrogens is 252 g/mol. The first-order chi connectivity index (χ1) is 8.40. The number of aromatic nitrogens is 2. The van der Waals surface area contributed by atoms with E-state index in [4.69, 9.17) is 5.73 Å². The van der Waals surface area contributed by atoms with Crippen molar-refractivity contribution in [2.24, 2.45) is 5.92 Å². The van der Waals surface area contributed by atoms with Crippen LogP contribution < -0.4 is 10.5 Å². The van der Waals surface area contributed by atoms with Gasteiger partial charge in [0.1, 0.15) is 4.90 Å². The zero-order chi connectivity index (χ0) is 13.8. The van der Waals surface area contributed by atoms with Gasteiger partial charge in [0.25, 0.3) is 0 Å². The minimum absolute atomic E-state index is 0.0366. The molecule has 3 N–H and O–H groups in total. The summed E-state index contributed by atoms with van der Waals surface area (Å²) in [5.41, 5.74) is 5.33. The first-order valence-corrected chi connectivity index (χ1v) is 7.48. The van der Waals surface area contributed by atoms with Crippen molar-refractivity contribution in [1.82, 2.24) is 14.7 Å². The standard InChI is InChI=1S/C11H20N4O2S/c1-4-9(5-2)8(3)15-18(16,17)10-6-13-11(12)14-7-10/h6-9,15H,4-5H2,1-3H3,(H2,12,13,14). The summed E-state index contributed by atoms with van der Waals surface area (Å²) in [4.78, 5) is 7.41. The van der Waals surface area contributed by atoms with Crippen molar-refractivity contribution in [2.75, 3.05) is 5.73 Å². The Morgan fingerprint density at radius 1 is 1.28 bits per heavy atom. The molecule has 0 radical (unpaired) electrons. The molecule has 1 heterocycles. The quantitative estimate of drug-likeness (QED) is 0.809. The highest BCUT2D eigenvalue weighted by atomic mass is 32.2. The van der Waals surface area contributed by atoms with Crippen LogP contribution in [-0.4, -0.2) is 24.4 Å². The Kier molecular flexibility index (Phi) is 5.03. The van der Waals surface area contributed by atoms with Gasteiger partial charge in [0.15, 0.2) is 0 Å². The van der Waals surface area contributed by atoms with Crippen LogP contribution in [0.5, 0.6) is 0 Å². The van der Waals surface area contributed by atoms with Crippen molar-refractivity contribution in [3.05, 3.63) is 12.4 Å². The number of nitrogens with one attached hydrogen (secondary N) is 1. The summed E-state index contributed by atoms with van der Waals surface area (Å²) in [6.07, 6.45) is 4.28. The lowest BCUT2D eigenvalue weighted by Gasteiger charge is -2.22. The maximum Gasteiger partial charge on any atom is 0.243 e. The summed E-state index contributed by atoms with van der Waals surface area (Å²) >= 11 is 0. The molecule has 0 aliphatic rings. The highest BCUT2D eigenvalue weighted by Crippen LogP contribution is 2.15. The maximum absolute atomic E-state index is 12.1. The molecule has 0 bridgehead atoms. The minimum atomic E-state index is -3.57. The smallest absolute Gasteiger partial charge is 0.243 e. The Labute approximate surface area is 108 Å². The van der Waals surface area contributed by atoms with Gasteiger partial charge >= 0.3 is 0 Å². The second-order valence-corrected chi connectivity index (χ2v) is 5.98. The highest BCUT2D eigenvalue weighted by Gasteiger charge is 2.22. The molecule has 1 aromatic rings. The van der Waals surface area contributed by atoms with E-state index in [2.05, 4.69) is 14.7 Å². The third-order valence-corrected chi connectivity index (χ3v) is 4.57. The van der Waals surface area contributed by atoms with Gasteiger partial charge in [0.05, 0.1) is 12.4 Å².